The van der Waals surface area contributed by atoms with Gasteiger partial charge in [0.2, 0.25) is 0 Å². The van der Waals surface area contributed by atoms with Crippen LogP contribution in [0.2, 0.25) is 0 Å². The molecule has 0 aromatic carbocycles. The molecule has 44 heavy (non-hydrogen) atoms. The molecule has 0 saturated heterocycles. The van der Waals surface area contributed by atoms with Crippen LogP contribution in [-0.2, 0) is 21.2 Å². The fourth-order valence-corrected chi connectivity index (χ4v) is 4.44. The van der Waals surface area contributed by atoms with Gasteiger partial charge < -0.3 is 14.7 Å². The molecule has 7 nitrogen and oxygen atoms in total. The predicted octanol–water partition coefficient (Wildman–Crippen LogP) is 9.71. The Hall–Kier alpha value is -0.0675. The molecule has 0 unspecified atom stereocenters. The summed E-state index contributed by atoms with van der Waals surface area (Å²) in [6, 6.07) is 0. The Balaban J connectivity index is -0.000000253. The quantitative estimate of drug-likeness (QED) is 0.0898. The third-order valence-corrected chi connectivity index (χ3v) is 7.45. The van der Waals surface area contributed by atoms with Gasteiger partial charge in [-0.1, -0.05) is 120 Å². The Morgan fingerprint density at radius 3 is 0.477 bits per heavy atom. The molecule has 0 rings (SSSR count). The molecular weight excluding hydrogens is 590 g/mol. The first-order valence-electron chi connectivity index (χ1n) is 18.9. The van der Waals surface area contributed by atoms with Crippen molar-refractivity contribution in [3.05, 3.63) is 0 Å². The summed E-state index contributed by atoms with van der Waals surface area (Å²) in [5.74, 6) is 0. The van der Waals surface area contributed by atoms with E-state index >= 15 is 0 Å². The Kier molecular flexibility index (Phi) is 49.5. The van der Waals surface area contributed by atoms with Crippen LogP contribution in [0.15, 0.2) is 0 Å². The van der Waals surface area contributed by atoms with Crippen LogP contribution in [0.25, 0.3) is 0 Å². The molecule has 0 spiro atoms. The van der Waals surface area contributed by atoms with Crippen LogP contribution in [0.1, 0.15) is 178 Å². The van der Waals surface area contributed by atoms with Gasteiger partial charge >= 0.3 is 29.5 Å². The Morgan fingerprint density at radius 1 is 0.318 bits per heavy atom. The van der Waals surface area contributed by atoms with Crippen LogP contribution >= 0.6 is 0 Å². The SMILES string of the molecule is CCCCN(CCCC)CCCC.CCCCN(CCCC)CCCC.CCCCN(CCCC)CCCC.[O]=[Cr](=[O])([OH])[OH]. The zero-order valence-electron chi connectivity index (χ0n) is 31.6. The van der Waals surface area contributed by atoms with E-state index in [9.17, 15) is 0 Å². The molecule has 0 aromatic rings. The standard InChI is InChI=1S/3C12H27N.Cr.2H2O.2O/c3*1-4-7-10-13(11-8-5-2)12-9-6-3;;;;;/h3*4-12H2,1-3H3;;2*1H2;;/q;;;+2;;;;/p-2. The predicted molar refractivity (Wildman–Crippen MR) is 189 cm³/mol. The van der Waals surface area contributed by atoms with Crippen LogP contribution in [-0.4, -0.2) is 81.9 Å². The van der Waals surface area contributed by atoms with E-state index in [0.29, 0.717) is 0 Å². The number of hydrogen-bond acceptors (Lipinski definition) is 5. The molecule has 0 radical (unpaired) electrons. The first-order valence-corrected chi connectivity index (χ1v) is 21.1. The molecule has 0 atom stereocenters. The minimum atomic E-state index is -5.25. The molecule has 0 heterocycles. The van der Waals surface area contributed by atoms with Crippen molar-refractivity contribution in [1.29, 1.82) is 0 Å². The number of rotatable bonds is 27. The van der Waals surface area contributed by atoms with E-state index in [1.807, 2.05) is 0 Å². The van der Waals surface area contributed by atoms with Gasteiger partial charge in [-0.2, -0.15) is 0 Å². The number of nitrogens with zero attached hydrogens (tertiary/aromatic N) is 3. The van der Waals surface area contributed by atoms with E-state index in [4.69, 9.17) is 15.9 Å². The number of hydrogen-bond donors (Lipinski definition) is 2. The van der Waals surface area contributed by atoms with E-state index in [2.05, 4.69) is 77.0 Å². The molecule has 0 aliphatic carbocycles. The minimum absolute atomic E-state index is 1.32. The first kappa shape index (κ1) is 50.8. The Labute approximate surface area is 280 Å². The van der Waals surface area contributed by atoms with E-state index in [1.165, 1.54) is 174 Å². The third kappa shape index (κ3) is 54.4. The van der Waals surface area contributed by atoms with Gasteiger partial charge in [0.05, 0.1) is 0 Å². The van der Waals surface area contributed by atoms with Crippen molar-refractivity contribution in [2.24, 2.45) is 0 Å². The van der Waals surface area contributed by atoms with Crippen molar-refractivity contribution in [2.45, 2.75) is 178 Å². The van der Waals surface area contributed by atoms with Crippen LogP contribution in [0.3, 0.4) is 0 Å². The summed E-state index contributed by atoms with van der Waals surface area (Å²) in [5, 5.41) is 0. The van der Waals surface area contributed by atoms with Gasteiger partial charge in [0.25, 0.3) is 0 Å². The fourth-order valence-electron chi connectivity index (χ4n) is 4.44. The van der Waals surface area contributed by atoms with E-state index in [1.54, 1.807) is 0 Å². The topological polar surface area (TPSA) is 84.3 Å². The van der Waals surface area contributed by atoms with Gasteiger partial charge in [0.1, 0.15) is 0 Å². The van der Waals surface area contributed by atoms with Crippen LogP contribution in [0.5, 0.6) is 0 Å². The summed E-state index contributed by atoms with van der Waals surface area (Å²) >= 11 is -5.25. The monoisotopic (exact) mass is 674 g/mol. The second kappa shape index (κ2) is 42.9. The summed E-state index contributed by atoms with van der Waals surface area (Å²) in [5.41, 5.74) is 0. The maximum absolute atomic E-state index is 8.82. The van der Waals surface area contributed by atoms with Crippen molar-refractivity contribution in [2.75, 3.05) is 58.9 Å². The summed E-state index contributed by atoms with van der Waals surface area (Å²) in [4.78, 5) is 7.91. The van der Waals surface area contributed by atoms with Gasteiger partial charge in [0.15, 0.2) is 0 Å². The zero-order valence-corrected chi connectivity index (χ0v) is 32.8. The molecule has 0 amide bonds. The first-order chi connectivity index (χ1) is 21.0. The molecule has 0 aromatic heterocycles. The second-order valence-electron chi connectivity index (χ2n) is 12.2. The number of unbranched alkanes of at least 4 members (excludes halogenated alkanes) is 9. The summed E-state index contributed by atoms with van der Waals surface area (Å²) in [7, 11) is 0. The third-order valence-electron chi connectivity index (χ3n) is 7.45. The maximum atomic E-state index is 8.82. The van der Waals surface area contributed by atoms with Crippen LogP contribution < -0.4 is 0 Å². The molecule has 272 valence electrons. The van der Waals surface area contributed by atoms with Crippen LogP contribution in [0, 0.1) is 0 Å². The van der Waals surface area contributed by atoms with Gasteiger partial charge in [-0.3, -0.25) is 0 Å². The van der Waals surface area contributed by atoms with Gasteiger partial charge in [-0.25, -0.2) is 0 Å². The van der Waals surface area contributed by atoms with Gasteiger partial charge in [-0.15, -0.1) is 0 Å². The summed E-state index contributed by atoms with van der Waals surface area (Å²) < 4.78 is 31.9. The average Bonchev–Trinajstić information content (AvgIpc) is 2.99. The van der Waals surface area contributed by atoms with E-state index in [0.717, 1.165) is 0 Å². The molecular formula is C36H83CrN3O4. The fraction of sp³-hybridized carbons (Fsp3) is 1.00. The molecule has 2 N–H and O–H groups in total. The van der Waals surface area contributed by atoms with Crippen molar-refractivity contribution in [3.8, 4) is 0 Å². The molecule has 0 fully saturated rings. The van der Waals surface area contributed by atoms with Gasteiger partial charge in [0, 0.05) is 0 Å². The average molecular weight is 674 g/mol. The molecule has 8 heteroatoms. The summed E-state index contributed by atoms with van der Waals surface area (Å²) in [6.07, 6.45) is 24.3. The van der Waals surface area contributed by atoms with E-state index in [-0.39, 0.29) is 0 Å². The normalized spacial score (nSPS) is 11.1. The van der Waals surface area contributed by atoms with E-state index < -0.39 is 13.6 Å². The molecule has 0 aliphatic heterocycles. The second-order valence-corrected chi connectivity index (χ2v) is 13.6. The van der Waals surface area contributed by atoms with Crippen molar-refractivity contribution in [1.82, 2.24) is 14.7 Å². The Bertz CT molecular complexity index is 472. The molecule has 0 saturated carbocycles. The van der Waals surface area contributed by atoms with Gasteiger partial charge in [-0.05, 0) is 117 Å². The van der Waals surface area contributed by atoms with Crippen molar-refractivity contribution in [3.63, 3.8) is 0 Å². The van der Waals surface area contributed by atoms with Crippen LogP contribution in [0.4, 0.5) is 0 Å². The zero-order chi connectivity index (χ0) is 34.3. The molecule has 0 bridgehead atoms. The Morgan fingerprint density at radius 2 is 0.409 bits per heavy atom. The van der Waals surface area contributed by atoms with Crippen molar-refractivity contribution < 1.29 is 29.5 Å². The summed E-state index contributed by atoms with van der Waals surface area (Å²) in [6.45, 7) is 32.3. The molecule has 0 aliphatic rings. The van der Waals surface area contributed by atoms with Crippen molar-refractivity contribution >= 4 is 0 Å².